The van der Waals surface area contributed by atoms with Crippen LogP contribution in [0, 0.1) is 5.92 Å². The van der Waals surface area contributed by atoms with E-state index >= 15 is 0 Å². The van der Waals surface area contributed by atoms with Crippen LogP contribution in [0.2, 0.25) is 0 Å². The van der Waals surface area contributed by atoms with Crippen molar-refractivity contribution in [1.82, 2.24) is 9.55 Å². The smallest absolute Gasteiger partial charge is 0.263 e. The van der Waals surface area contributed by atoms with Crippen molar-refractivity contribution in [2.75, 3.05) is 0 Å². The molecule has 0 unspecified atom stereocenters. The predicted molar refractivity (Wildman–Crippen MR) is 99.3 cm³/mol. The fourth-order valence-electron chi connectivity index (χ4n) is 3.94. The summed E-state index contributed by atoms with van der Waals surface area (Å²) >= 11 is 0. The van der Waals surface area contributed by atoms with Crippen molar-refractivity contribution in [3.05, 3.63) is 64.6 Å². The van der Waals surface area contributed by atoms with E-state index in [-0.39, 0.29) is 11.3 Å². The number of rotatable bonds is 3. The lowest BCUT2D eigenvalue weighted by atomic mass is 9.84. The molecule has 0 amide bonds. The molecule has 0 atom stereocenters. The van der Waals surface area contributed by atoms with E-state index in [1.807, 2.05) is 36.4 Å². The molecule has 128 valence electrons. The first kappa shape index (κ1) is 15.9. The average Bonchev–Trinajstić information content (AvgIpc) is 2.67. The molecule has 1 aromatic carbocycles. The normalized spacial score (nSPS) is 15.5. The molecule has 0 spiro atoms. The van der Waals surface area contributed by atoms with Gasteiger partial charge in [0.25, 0.3) is 5.56 Å². The maximum absolute atomic E-state index is 13.2. The van der Waals surface area contributed by atoms with Gasteiger partial charge in [-0.15, -0.1) is 0 Å². The molecule has 2 heterocycles. The summed E-state index contributed by atoms with van der Waals surface area (Å²) in [5.41, 5.74) is 1.65. The monoisotopic (exact) mass is 334 g/mol. The highest BCUT2D eigenvalue weighted by atomic mass is 16.3. The maximum Gasteiger partial charge on any atom is 0.263 e. The van der Waals surface area contributed by atoms with Crippen LogP contribution in [-0.4, -0.2) is 14.7 Å². The molecule has 3 aromatic rings. The number of nitrogens with zero attached hydrogens (tertiary/aromatic N) is 2. The predicted octanol–water partition coefficient (Wildman–Crippen LogP) is 4.21. The topological polar surface area (TPSA) is 55.1 Å². The molecule has 4 nitrogen and oxygen atoms in total. The molecule has 4 rings (SSSR count). The lowest BCUT2D eigenvalue weighted by molar-refractivity contribution is 0.350. The second-order valence-corrected chi connectivity index (χ2v) is 6.89. The Bertz CT molecular complexity index is 941. The Morgan fingerprint density at radius 3 is 2.56 bits per heavy atom. The Morgan fingerprint density at radius 2 is 1.80 bits per heavy atom. The third-order valence-electron chi connectivity index (χ3n) is 5.23. The van der Waals surface area contributed by atoms with Crippen LogP contribution in [0.4, 0.5) is 0 Å². The highest BCUT2D eigenvalue weighted by Crippen LogP contribution is 2.32. The molecule has 1 N–H and O–H groups in total. The van der Waals surface area contributed by atoms with E-state index in [9.17, 15) is 9.90 Å². The Labute approximate surface area is 146 Å². The molecular weight excluding hydrogens is 312 g/mol. The molecule has 1 aliphatic rings. The van der Waals surface area contributed by atoms with E-state index in [1.165, 1.54) is 19.3 Å². The van der Waals surface area contributed by atoms with Gasteiger partial charge in [0.15, 0.2) is 5.65 Å². The molecule has 1 fully saturated rings. The highest BCUT2D eigenvalue weighted by Gasteiger charge is 2.22. The Hall–Kier alpha value is -2.62. The zero-order chi connectivity index (χ0) is 17.2. The minimum atomic E-state index is -0.152. The van der Waals surface area contributed by atoms with E-state index in [0.717, 1.165) is 18.5 Å². The Morgan fingerprint density at radius 1 is 1.04 bits per heavy atom. The van der Waals surface area contributed by atoms with Crippen molar-refractivity contribution in [2.24, 2.45) is 5.92 Å². The molecule has 0 radical (unpaired) electrons. The fraction of sp³-hybridized carbons (Fsp3) is 0.333. The zero-order valence-electron chi connectivity index (χ0n) is 14.2. The summed E-state index contributed by atoms with van der Waals surface area (Å²) in [6, 6.07) is 13.2. The summed E-state index contributed by atoms with van der Waals surface area (Å²) < 4.78 is 1.63. The van der Waals surface area contributed by atoms with Gasteiger partial charge in [-0.25, -0.2) is 4.98 Å². The van der Waals surface area contributed by atoms with Gasteiger partial charge >= 0.3 is 0 Å². The molecule has 1 aliphatic carbocycles. The third-order valence-corrected chi connectivity index (χ3v) is 5.23. The summed E-state index contributed by atoms with van der Waals surface area (Å²) in [6.07, 6.45) is 8.27. The SMILES string of the molecule is O=c1c(CC2CCCCC2)c(O)c2cccnc2n1-c1ccccc1. The van der Waals surface area contributed by atoms with Crippen LogP contribution in [0.3, 0.4) is 0 Å². The number of benzene rings is 1. The van der Waals surface area contributed by atoms with Gasteiger partial charge in [0, 0.05) is 6.20 Å². The van der Waals surface area contributed by atoms with Crippen LogP contribution >= 0.6 is 0 Å². The van der Waals surface area contributed by atoms with Crippen molar-refractivity contribution >= 4 is 11.0 Å². The minimum absolute atomic E-state index is 0.103. The van der Waals surface area contributed by atoms with Crippen molar-refractivity contribution in [1.29, 1.82) is 0 Å². The Kier molecular flexibility index (Phi) is 4.26. The van der Waals surface area contributed by atoms with Crippen LogP contribution in [0.25, 0.3) is 16.7 Å². The van der Waals surface area contributed by atoms with E-state index in [0.29, 0.717) is 28.9 Å². The largest absolute Gasteiger partial charge is 0.507 e. The van der Waals surface area contributed by atoms with E-state index in [4.69, 9.17) is 0 Å². The number of hydrogen-bond acceptors (Lipinski definition) is 3. The van der Waals surface area contributed by atoms with E-state index in [2.05, 4.69) is 4.98 Å². The van der Waals surface area contributed by atoms with E-state index in [1.54, 1.807) is 16.8 Å². The first-order valence-electron chi connectivity index (χ1n) is 9.02. The quantitative estimate of drug-likeness (QED) is 0.780. The molecule has 0 aliphatic heterocycles. The number of pyridine rings is 2. The van der Waals surface area contributed by atoms with Crippen LogP contribution in [0.1, 0.15) is 37.7 Å². The van der Waals surface area contributed by atoms with Gasteiger partial charge in [-0.05, 0) is 36.6 Å². The number of para-hydroxylation sites is 1. The van der Waals surface area contributed by atoms with E-state index < -0.39 is 0 Å². The first-order chi connectivity index (χ1) is 12.3. The molecule has 25 heavy (non-hydrogen) atoms. The van der Waals surface area contributed by atoms with Gasteiger partial charge in [-0.1, -0.05) is 50.3 Å². The lowest BCUT2D eigenvalue weighted by Crippen LogP contribution is -2.25. The second-order valence-electron chi connectivity index (χ2n) is 6.89. The lowest BCUT2D eigenvalue weighted by Gasteiger charge is -2.22. The zero-order valence-corrected chi connectivity index (χ0v) is 14.2. The van der Waals surface area contributed by atoms with Crippen LogP contribution in [0.15, 0.2) is 53.5 Å². The number of aromatic hydroxyl groups is 1. The number of aromatic nitrogens is 2. The summed E-state index contributed by atoms with van der Waals surface area (Å²) in [6.45, 7) is 0. The molecule has 2 aromatic heterocycles. The molecular formula is C21H22N2O2. The van der Waals surface area contributed by atoms with Crippen LogP contribution < -0.4 is 5.56 Å². The molecule has 4 heteroatoms. The van der Waals surface area contributed by atoms with Crippen molar-refractivity contribution in [3.63, 3.8) is 0 Å². The van der Waals surface area contributed by atoms with Crippen molar-refractivity contribution in [3.8, 4) is 11.4 Å². The number of hydrogen-bond donors (Lipinski definition) is 1. The maximum atomic E-state index is 13.2. The molecule has 0 saturated heterocycles. The molecule has 0 bridgehead atoms. The Balaban J connectivity index is 1.92. The first-order valence-corrected chi connectivity index (χ1v) is 9.02. The van der Waals surface area contributed by atoms with Crippen LogP contribution in [0.5, 0.6) is 5.75 Å². The third kappa shape index (κ3) is 2.93. The van der Waals surface area contributed by atoms with Gasteiger partial charge < -0.3 is 5.11 Å². The van der Waals surface area contributed by atoms with Gasteiger partial charge in [0.2, 0.25) is 0 Å². The summed E-state index contributed by atoms with van der Waals surface area (Å²) in [5.74, 6) is 0.580. The summed E-state index contributed by atoms with van der Waals surface area (Å²) in [4.78, 5) is 17.6. The average molecular weight is 334 g/mol. The summed E-state index contributed by atoms with van der Waals surface area (Å²) in [5, 5.41) is 11.4. The van der Waals surface area contributed by atoms with Gasteiger partial charge in [0.05, 0.1) is 16.6 Å². The number of fused-ring (bicyclic) bond motifs is 1. The van der Waals surface area contributed by atoms with Crippen molar-refractivity contribution < 1.29 is 5.11 Å². The fourth-order valence-corrected chi connectivity index (χ4v) is 3.94. The minimum Gasteiger partial charge on any atom is -0.507 e. The summed E-state index contributed by atoms with van der Waals surface area (Å²) in [7, 11) is 0. The molecule has 1 saturated carbocycles. The highest BCUT2D eigenvalue weighted by molar-refractivity contribution is 5.84. The standard InChI is InChI=1S/C21H22N2O2/c24-19-17-12-7-13-22-20(17)23(16-10-5-2-6-11-16)21(25)18(19)14-15-8-3-1-4-9-15/h2,5-7,10-13,15,24H,1,3-4,8-9,14H2. The van der Waals surface area contributed by atoms with Crippen LogP contribution in [-0.2, 0) is 6.42 Å². The van der Waals surface area contributed by atoms with Gasteiger partial charge in [0.1, 0.15) is 5.75 Å². The van der Waals surface area contributed by atoms with Gasteiger partial charge in [-0.3, -0.25) is 9.36 Å². The second kappa shape index (κ2) is 6.71. The van der Waals surface area contributed by atoms with Gasteiger partial charge in [-0.2, -0.15) is 0 Å². The van der Waals surface area contributed by atoms with Crippen molar-refractivity contribution in [2.45, 2.75) is 38.5 Å².